The predicted octanol–water partition coefficient (Wildman–Crippen LogP) is 3.45. The lowest BCUT2D eigenvalue weighted by Crippen LogP contribution is -2.30. The van der Waals surface area contributed by atoms with Crippen molar-refractivity contribution < 1.29 is 14.3 Å². The lowest BCUT2D eigenvalue weighted by atomic mass is 10.2. The number of amides is 2. The minimum atomic E-state index is -0.218. The molecule has 0 saturated carbocycles. The van der Waals surface area contributed by atoms with E-state index in [0.29, 0.717) is 6.54 Å². The number of carbonyl (C=O) groups is 2. The molecule has 0 aromatic heterocycles. The van der Waals surface area contributed by atoms with E-state index in [0.717, 1.165) is 21.9 Å². The van der Waals surface area contributed by atoms with Crippen LogP contribution >= 0.6 is 11.8 Å². The molecule has 6 heteroatoms. The average molecular weight is 358 g/mol. The summed E-state index contributed by atoms with van der Waals surface area (Å²) in [5, 5.41) is 5.44. The molecule has 0 saturated heterocycles. The quantitative estimate of drug-likeness (QED) is 0.744. The van der Waals surface area contributed by atoms with Gasteiger partial charge >= 0.3 is 0 Å². The van der Waals surface area contributed by atoms with Gasteiger partial charge in [0.05, 0.1) is 12.4 Å². The van der Waals surface area contributed by atoms with Gasteiger partial charge in [-0.1, -0.05) is 12.1 Å². The molecule has 5 nitrogen and oxygen atoms in total. The van der Waals surface area contributed by atoms with Crippen molar-refractivity contribution in [2.75, 3.05) is 12.4 Å². The summed E-state index contributed by atoms with van der Waals surface area (Å²) in [6.07, 6.45) is 0. The molecule has 0 fully saturated rings. The molecule has 2 amide bonds. The van der Waals surface area contributed by atoms with Gasteiger partial charge in [0.15, 0.2) is 0 Å². The third-order valence-electron chi connectivity index (χ3n) is 3.48. The molecular weight excluding hydrogens is 336 g/mol. The van der Waals surface area contributed by atoms with Gasteiger partial charge in [0.2, 0.25) is 11.8 Å². The topological polar surface area (TPSA) is 67.4 Å². The van der Waals surface area contributed by atoms with Gasteiger partial charge in [0, 0.05) is 24.1 Å². The van der Waals surface area contributed by atoms with E-state index >= 15 is 0 Å². The number of anilines is 1. The molecule has 0 radical (unpaired) electrons. The molecule has 2 rings (SSSR count). The fraction of sp³-hybridized carbons (Fsp3) is 0.263. The number of rotatable bonds is 7. The molecular formula is C19H22N2O3S. The van der Waals surface area contributed by atoms with Crippen molar-refractivity contribution in [1.29, 1.82) is 0 Å². The Kier molecular flexibility index (Phi) is 6.89. The monoisotopic (exact) mass is 358 g/mol. The Bertz CT molecular complexity index is 714. The molecule has 0 heterocycles. The fourth-order valence-corrected chi connectivity index (χ4v) is 3.05. The maximum Gasteiger partial charge on any atom is 0.233 e. The van der Waals surface area contributed by atoms with E-state index in [1.807, 2.05) is 55.5 Å². The van der Waals surface area contributed by atoms with Crippen molar-refractivity contribution >= 4 is 29.3 Å². The number of ether oxygens (including phenoxy) is 1. The van der Waals surface area contributed by atoms with E-state index in [4.69, 9.17) is 4.74 Å². The van der Waals surface area contributed by atoms with Crippen LogP contribution in [0.4, 0.5) is 5.69 Å². The van der Waals surface area contributed by atoms with Crippen LogP contribution in [0.15, 0.2) is 53.4 Å². The van der Waals surface area contributed by atoms with Gasteiger partial charge in [-0.25, -0.2) is 0 Å². The minimum Gasteiger partial charge on any atom is -0.497 e. The first-order chi connectivity index (χ1) is 12.0. The van der Waals surface area contributed by atoms with E-state index in [-0.39, 0.29) is 17.1 Å². The first-order valence-corrected chi connectivity index (χ1v) is 8.81. The number of methoxy groups -OCH3 is 1. The van der Waals surface area contributed by atoms with Crippen molar-refractivity contribution in [3.63, 3.8) is 0 Å². The Morgan fingerprint density at radius 1 is 1.08 bits per heavy atom. The highest BCUT2D eigenvalue weighted by Gasteiger charge is 2.14. The second kappa shape index (κ2) is 9.13. The van der Waals surface area contributed by atoms with Crippen LogP contribution < -0.4 is 15.4 Å². The zero-order chi connectivity index (χ0) is 18.2. The summed E-state index contributed by atoms with van der Waals surface area (Å²) >= 11 is 1.48. The lowest BCUT2D eigenvalue weighted by Gasteiger charge is -2.13. The van der Waals surface area contributed by atoms with E-state index in [1.165, 1.54) is 18.7 Å². The number of carbonyl (C=O) groups excluding carboxylic acids is 2. The summed E-state index contributed by atoms with van der Waals surface area (Å²) in [6.45, 7) is 3.82. The van der Waals surface area contributed by atoms with Crippen LogP contribution in [-0.4, -0.2) is 24.2 Å². The lowest BCUT2D eigenvalue weighted by molar-refractivity contribution is -0.120. The van der Waals surface area contributed by atoms with Crippen LogP contribution in [-0.2, 0) is 16.1 Å². The van der Waals surface area contributed by atoms with Crippen LogP contribution in [0.5, 0.6) is 5.75 Å². The highest BCUT2D eigenvalue weighted by molar-refractivity contribution is 8.00. The molecule has 0 bridgehead atoms. The Labute approximate surface area is 152 Å². The Hall–Kier alpha value is -2.47. The van der Waals surface area contributed by atoms with Crippen LogP contribution in [0.1, 0.15) is 19.4 Å². The predicted molar refractivity (Wildman–Crippen MR) is 101 cm³/mol. The summed E-state index contributed by atoms with van der Waals surface area (Å²) in [5.74, 6) is 0.667. The van der Waals surface area contributed by atoms with Crippen molar-refractivity contribution in [2.45, 2.75) is 30.5 Å². The van der Waals surface area contributed by atoms with E-state index in [2.05, 4.69) is 10.6 Å². The van der Waals surface area contributed by atoms with Crippen molar-refractivity contribution in [3.05, 3.63) is 54.1 Å². The highest BCUT2D eigenvalue weighted by Crippen LogP contribution is 2.25. The van der Waals surface area contributed by atoms with Crippen LogP contribution in [0.25, 0.3) is 0 Å². The zero-order valence-electron chi connectivity index (χ0n) is 14.5. The largest absolute Gasteiger partial charge is 0.497 e. The normalized spacial score (nSPS) is 11.5. The molecule has 0 unspecified atom stereocenters. The summed E-state index contributed by atoms with van der Waals surface area (Å²) in [7, 11) is 1.62. The average Bonchev–Trinajstić information content (AvgIpc) is 2.61. The Morgan fingerprint density at radius 2 is 1.72 bits per heavy atom. The summed E-state index contributed by atoms with van der Waals surface area (Å²) in [5.41, 5.74) is 1.76. The van der Waals surface area contributed by atoms with Gasteiger partial charge in [-0.15, -0.1) is 11.8 Å². The van der Waals surface area contributed by atoms with Crippen molar-refractivity contribution in [1.82, 2.24) is 5.32 Å². The molecule has 0 spiro atoms. The van der Waals surface area contributed by atoms with Crippen LogP contribution in [0.3, 0.4) is 0 Å². The summed E-state index contributed by atoms with van der Waals surface area (Å²) in [4.78, 5) is 24.2. The molecule has 0 aliphatic rings. The van der Waals surface area contributed by atoms with Gasteiger partial charge < -0.3 is 15.4 Å². The van der Waals surface area contributed by atoms with E-state index in [1.54, 1.807) is 7.11 Å². The molecule has 2 N–H and O–H groups in total. The smallest absolute Gasteiger partial charge is 0.233 e. The van der Waals surface area contributed by atoms with Crippen molar-refractivity contribution in [2.24, 2.45) is 0 Å². The fourth-order valence-electron chi connectivity index (χ4n) is 2.15. The van der Waals surface area contributed by atoms with Crippen LogP contribution in [0, 0.1) is 0 Å². The maximum absolute atomic E-state index is 12.2. The van der Waals surface area contributed by atoms with Gasteiger partial charge in [-0.05, 0) is 48.9 Å². The molecule has 0 aliphatic carbocycles. The first kappa shape index (κ1) is 18.9. The van der Waals surface area contributed by atoms with Crippen LogP contribution in [0.2, 0.25) is 0 Å². The third-order valence-corrected chi connectivity index (χ3v) is 4.59. The summed E-state index contributed by atoms with van der Waals surface area (Å²) in [6, 6.07) is 15.0. The second-order valence-corrected chi connectivity index (χ2v) is 6.95. The molecule has 0 aliphatic heterocycles. The van der Waals surface area contributed by atoms with E-state index in [9.17, 15) is 9.59 Å². The molecule has 2 aromatic rings. The van der Waals surface area contributed by atoms with Gasteiger partial charge in [0.25, 0.3) is 0 Å². The second-order valence-electron chi connectivity index (χ2n) is 5.53. The number of nitrogens with one attached hydrogen (secondary N) is 2. The van der Waals surface area contributed by atoms with E-state index < -0.39 is 0 Å². The SMILES string of the molecule is COc1ccc(CNC(=O)[C@H](C)Sc2ccc(NC(C)=O)cc2)cc1. The molecule has 1 atom stereocenters. The minimum absolute atomic E-state index is 0.0215. The van der Waals surface area contributed by atoms with Gasteiger partial charge in [0.1, 0.15) is 5.75 Å². The maximum atomic E-state index is 12.2. The van der Waals surface area contributed by atoms with Crippen molar-refractivity contribution in [3.8, 4) is 5.75 Å². The Morgan fingerprint density at radius 3 is 2.28 bits per heavy atom. The number of hydrogen-bond acceptors (Lipinski definition) is 4. The highest BCUT2D eigenvalue weighted by atomic mass is 32.2. The molecule has 2 aromatic carbocycles. The first-order valence-electron chi connectivity index (χ1n) is 7.93. The Balaban J connectivity index is 1.83. The van der Waals surface area contributed by atoms with Gasteiger partial charge in [-0.3, -0.25) is 9.59 Å². The molecule has 25 heavy (non-hydrogen) atoms. The molecule has 132 valence electrons. The zero-order valence-corrected chi connectivity index (χ0v) is 15.4. The third kappa shape index (κ3) is 6.15. The van der Waals surface area contributed by atoms with Gasteiger partial charge in [-0.2, -0.15) is 0 Å². The summed E-state index contributed by atoms with van der Waals surface area (Å²) < 4.78 is 5.12. The standard InChI is InChI=1S/C19H22N2O3S/c1-13(25-18-10-6-16(7-11-18)21-14(2)22)19(23)20-12-15-4-8-17(24-3)9-5-15/h4-11,13H,12H2,1-3H3,(H,20,23)(H,21,22)/t13-/m0/s1. The number of hydrogen-bond donors (Lipinski definition) is 2. The number of thioether (sulfide) groups is 1. The number of benzene rings is 2.